The first-order chi connectivity index (χ1) is 14.4. The van der Waals surface area contributed by atoms with Crippen molar-refractivity contribution < 1.29 is 20.1 Å². The number of unbranched alkanes of at least 4 members (excludes halogenated alkanes) is 2. The minimum Gasteiger partial charge on any atom is -0.367 e. The maximum Gasteiger partial charge on any atom is 0.131 e. The van der Waals surface area contributed by atoms with Gasteiger partial charge >= 0.3 is 0 Å². The van der Waals surface area contributed by atoms with Gasteiger partial charge in [0.2, 0.25) is 0 Å². The number of ether oxygens (including phenoxy) is 2. The average Bonchev–Trinajstić information content (AvgIpc) is 2.78. The van der Waals surface area contributed by atoms with E-state index in [4.69, 9.17) is 9.47 Å². The lowest BCUT2D eigenvalue weighted by Gasteiger charge is -2.25. The molecule has 2 aliphatic rings. The molecule has 29 heavy (non-hydrogen) atoms. The van der Waals surface area contributed by atoms with E-state index in [0.717, 1.165) is 39.1 Å². The third-order valence-corrected chi connectivity index (χ3v) is 6.26. The molecule has 0 radical (unpaired) electrons. The van der Waals surface area contributed by atoms with Crippen molar-refractivity contribution in [1.29, 1.82) is 0 Å². The van der Waals surface area contributed by atoms with Crippen molar-refractivity contribution in [1.82, 2.24) is 0 Å². The van der Waals surface area contributed by atoms with Crippen molar-refractivity contribution in [3.8, 4) is 0 Å². The molecule has 0 bridgehead atoms. The second-order valence-corrected chi connectivity index (χ2v) is 8.30. The van der Waals surface area contributed by atoms with Gasteiger partial charge in [-0.2, -0.15) is 0 Å². The Hall–Kier alpha value is -1.72. The van der Waals surface area contributed by atoms with E-state index in [2.05, 4.69) is 59.2 Å². The Labute approximate surface area is 175 Å². The fourth-order valence-corrected chi connectivity index (χ4v) is 4.64. The van der Waals surface area contributed by atoms with E-state index in [1.165, 1.54) is 54.6 Å². The first kappa shape index (κ1) is 20.5. The summed E-state index contributed by atoms with van der Waals surface area (Å²) in [6.07, 6.45) is 6.52. The quantitative estimate of drug-likeness (QED) is 0.603. The van der Waals surface area contributed by atoms with Crippen LogP contribution in [0, 0.1) is 0 Å². The summed E-state index contributed by atoms with van der Waals surface area (Å²) < 4.78 is 12.0. The van der Waals surface area contributed by atoms with Gasteiger partial charge in [-0.3, -0.25) is 0 Å². The average molecular weight is 397 g/mol. The molecule has 0 unspecified atom stereocenters. The van der Waals surface area contributed by atoms with Crippen LogP contribution in [-0.2, 0) is 22.3 Å². The SMILES string of the molecule is c1ccc2c(c1)CCO[C@H]2C[NH2+]CCCCC[NH2+]C[C@@H]1OCCc2ccccc21. The van der Waals surface area contributed by atoms with Crippen LogP contribution >= 0.6 is 0 Å². The summed E-state index contributed by atoms with van der Waals surface area (Å²) in [4.78, 5) is 0. The highest BCUT2D eigenvalue weighted by molar-refractivity contribution is 5.31. The Morgan fingerprint density at radius 2 is 1.14 bits per heavy atom. The molecule has 0 aromatic heterocycles. The summed E-state index contributed by atoms with van der Waals surface area (Å²) in [5.74, 6) is 0. The van der Waals surface area contributed by atoms with E-state index in [0.29, 0.717) is 0 Å². The van der Waals surface area contributed by atoms with E-state index in [1.807, 2.05) is 0 Å². The highest BCUT2D eigenvalue weighted by Gasteiger charge is 2.22. The summed E-state index contributed by atoms with van der Waals surface area (Å²) in [5.41, 5.74) is 5.74. The molecule has 4 heteroatoms. The molecule has 2 atom stereocenters. The molecule has 156 valence electrons. The highest BCUT2D eigenvalue weighted by Crippen LogP contribution is 2.26. The van der Waals surface area contributed by atoms with Crippen molar-refractivity contribution in [2.24, 2.45) is 0 Å². The molecule has 4 N–H and O–H groups in total. The molecule has 0 saturated carbocycles. The first-order valence-electron chi connectivity index (χ1n) is 11.4. The molecular formula is C25H36N2O2+2. The van der Waals surface area contributed by atoms with Crippen LogP contribution in [0.5, 0.6) is 0 Å². The van der Waals surface area contributed by atoms with Gasteiger partial charge in [-0.15, -0.1) is 0 Å². The summed E-state index contributed by atoms with van der Waals surface area (Å²) in [7, 11) is 0. The Kier molecular flexibility index (Phi) is 7.71. The molecule has 2 aliphatic heterocycles. The lowest BCUT2D eigenvalue weighted by molar-refractivity contribution is -0.666. The Balaban J connectivity index is 1.06. The Morgan fingerprint density at radius 3 is 1.66 bits per heavy atom. The molecule has 0 amide bonds. The van der Waals surface area contributed by atoms with Gasteiger partial charge in [0.05, 0.1) is 26.3 Å². The molecule has 0 fully saturated rings. The topological polar surface area (TPSA) is 51.7 Å². The van der Waals surface area contributed by atoms with Crippen LogP contribution in [0.4, 0.5) is 0 Å². The fourth-order valence-electron chi connectivity index (χ4n) is 4.64. The number of fused-ring (bicyclic) bond motifs is 2. The molecule has 0 saturated heterocycles. The zero-order valence-electron chi connectivity index (χ0n) is 17.5. The van der Waals surface area contributed by atoms with Crippen molar-refractivity contribution in [3.05, 3.63) is 70.8 Å². The molecule has 2 aromatic rings. The number of hydrogen-bond donors (Lipinski definition) is 2. The van der Waals surface area contributed by atoms with Crippen molar-refractivity contribution in [2.45, 2.75) is 44.3 Å². The zero-order chi connectivity index (χ0) is 19.7. The second kappa shape index (κ2) is 10.9. The van der Waals surface area contributed by atoms with Crippen LogP contribution in [-0.4, -0.2) is 39.4 Å². The minimum atomic E-state index is 0.270. The van der Waals surface area contributed by atoms with Crippen LogP contribution in [0.25, 0.3) is 0 Å². The molecule has 4 rings (SSSR count). The first-order valence-corrected chi connectivity index (χ1v) is 11.4. The number of nitrogens with two attached hydrogens (primary N) is 2. The molecule has 4 nitrogen and oxygen atoms in total. The Bertz CT molecular complexity index is 700. The number of benzene rings is 2. The van der Waals surface area contributed by atoms with Gasteiger partial charge in [-0.25, -0.2) is 0 Å². The van der Waals surface area contributed by atoms with Crippen molar-refractivity contribution in [3.63, 3.8) is 0 Å². The second-order valence-electron chi connectivity index (χ2n) is 8.30. The molecule has 2 heterocycles. The standard InChI is InChI=1S/C25H34N2O2/c1(6-14-26-18-24-22-10-4-2-8-20(22)12-16-28-24)7-15-27-19-25-23-11-5-3-9-21(23)13-17-29-25/h2-5,8-11,24-27H,1,6-7,12-19H2/p+2/t24-,25-/m0/s1. The third-order valence-electron chi connectivity index (χ3n) is 6.26. The predicted molar refractivity (Wildman–Crippen MR) is 115 cm³/mol. The van der Waals surface area contributed by atoms with Crippen LogP contribution in [0.1, 0.15) is 53.7 Å². The maximum atomic E-state index is 6.00. The summed E-state index contributed by atoms with van der Waals surface area (Å²) in [6, 6.07) is 17.5. The smallest absolute Gasteiger partial charge is 0.131 e. The molecular weight excluding hydrogens is 360 g/mol. The molecule has 0 spiro atoms. The van der Waals surface area contributed by atoms with Crippen LogP contribution in [0.3, 0.4) is 0 Å². The third kappa shape index (κ3) is 5.67. The van der Waals surface area contributed by atoms with Crippen molar-refractivity contribution in [2.75, 3.05) is 39.4 Å². The van der Waals surface area contributed by atoms with Crippen LogP contribution in [0.2, 0.25) is 0 Å². The van der Waals surface area contributed by atoms with E-state index < -0.39 is 0 Å². The largest absolute Gasteiger partial charge is 0.367 e. The fraction of sp³-hybridized carbons (Fsp3) is 0.520. The number of hydrogen-bond acceptors (Lipinski definition) is 2. The van der Waals surface area contributed by atoms with E-state index >= 15 is 0 Å². The van der Waals surface area contributed by atoms with Gasteiger partial charge in [0.25, 0.3) is 0 Å². The Morgan fingerprint density at radius 1 is 0.655 bits per heavy atom. The van der Waals surface area contributed by atoms with E-state index in [-0.39, 0.29) is 12.2 Å². The predicted octanol–water partition coefficient (Wildman–Crippen LogP) is 1.91. The molecule has 2 aromatic carbocycles. The normalized spacial score (nSPS) is 20.8. The van der Waals surface area contributed by atoms with E-state index in [1.54, 1.807) is 0 Å². The van der Waals surface area contributed by atoms with Gasteiger partial charge in [0, 0.05) is 0 Å². The summed E-state index contributed by atoms with van der Waals surface area (Å²) in [6.45, 7) is 6.20. The van der Waals surface area contributed by atoms with Crippen molar-refractivity contribution >= 4 is 0 Å². The maximum absolute atomic E-state index is 6.00. The van der Waals surface area contributed by atoms with Gasteiger partial charge in [-0.05, 0) is 54.4 Å². The minimum absolute atomic E-state index is 0.270. The summed E-state index contributed by atoms with van der Waals surface area (Å²) >= 11 is 0. The highest BCUT2D eigenvalue weighted by atomic mass is 16.5. The zero-order valence-corrected chi connectivity index (χ0v) is 17.5. The summed E-state index contributed by atoms with van der Waals surface area (Å²) in [5, 5.41) is 4.87. The monoisotopic (exact) mass is 396 g/mol. The van der Waals surface area contributed by atoms with E-state index in [9.17, 15) is 0 Å². The van der Waals surface area contributed by atoms with Crippen LogP contribution in [0.15, 0.2) is 48.5 Å². The number of rotatable bonds is 10. The van der Waals surface area contributed by atoms with Gasteiger partial charge in [0.15, 0.2) is 0 Å². The van der Waals surface area contributed by atoms with Crippen LogP contribution < -0.4 is 10.6 Å². The number of quaternary nitrogens is 2. The van der Waals surface area contributed by atoms with Gasteiger partial charge in [-0.1, -0.05) is 48.5 Å². The van der Waals surface area contributed by atoms with Gasteiger partial charge in [0.1, 0.15) is 25.3 Å². The lowest BCUT2D eigenvalue weighted by atomic mass is 9.97. The molecule has 0 aliphatic carbocycles. The van der Waals surface area contributed by atoms with Gasteiger partial charge < -0.3 is 20.1 Å². The lowest BCUT2D eigenvalue weighted by Crippen LogP contribution is -2.86.